The van der Waals surface area contributed by atoms with Crippen molar-refractivity contribution in [3.05, 3.63) is 34.4 Å². The third-order valence-corrected chi connectivity index (χ3v) is 2.00. The topological polar surface area (TPSA) is 115 Å². The van der Waals surface area contributed by atoms with Crippen molar-refractivity contribution in [3.8, 4) is 0 Å². The number of rotatable bonds is 1. The second-order valence-electron chi connectivity index (χ2n) is 4.22. The van der Waals surface area contributed by atoms with Crippen LogP contribution in [-0.4, -0.2) is 32.4 Å². The maximum absolute atomic E-state index is 9.03. The predicted molar refractivity (Wildman–Crippen MR) is 74.5 cm³/mol. The number of hydrogen-bond donors (Lipinski definition) is 4. The van der Waals surface area contributed by atoms with Gasteiger partial charge in [-0.2, -0.15) is 0 Å². The zero-order valence-electron chi connectivity index (χ0n) is 12.3. The summed E-state index contributed by atoms with van der Waals surface area (Å²) in [4.78, 5) is 18.0. The van der Waals surface area contributed by atoms with E-state index in [1.54, 1.807) is 0 Å². The molecule has 0 aromatic heterocycles. The van der Waals surface area contributed by atoms with Gasteiger partial charge in [-0.3, -0.25) is 9.59 Å². The molecule has 1 rings (SSSR count). The number of aliphatic hydroxyl groups is 2. The van der Waals surface area contributed by atoms with E-state index in [4.69, 9.17) is 30.0 Å². The number of benzene rings is 1. The minimum Gasteiger partial charge on any atom is -0.481 e. The minimum atomic E-state index is -1.36. The molecule has 0 aliphatic rings. The highest BCUT2D eigenvalue weighted by molar-refractivity contribution is 5.63. The first kappa shape index (κ1) is 20.4. The SMILES string of the molecule is CC(=O)O.CC(=O)O.Cc1cc(C)c(C(O)O)c(C)c1. The number of carboxylic acids is 2. The highest BCUT2D eigenvalue weighted by Gasteiger charge is 2.09. The molecule has 20 heavy (non-hydrogen) atoms. The third kappa shape index (κ3) is 11.2. The lowest BCUT2D eigenvalue weighted by molar-refractivity contribution is -0.135. The molecule has 0 amide bonds. The van der Waals surface area contributed by atoms with Gasteiger partial charge in [0.1, 0.15) is 0 Å². The standard InChI is InChI=1S/C10H14O2.2C2H4O2/c1-6-4-7(2)9(10(11)12)8(3)5-6;2*1-2(3)4/h4-5,10-12H,1-3H3;2*1H3,(H,3,4). The Hall–Kier alpha value is -1.92. The molecule has 0 bridgehead atoms. The van der Waals surface area contributed by atoms with E-state index in [0.717, 1.165) is 30.5 Å². The predicted octanol–water partition coefficient (Wildman–Crippen LogP) is 1.78. The van der Waals surface area contributed by atoms with Crippen LogP contribution in [0.1, 0.15) is 42.4 Å². The Morgan fingerprint density at radius 3 is 1.35 bits per heavy atom. The number of aliphatic hydroxyl groups excluding tert-OH is 1. The molecule has 114 valence electrons. The molecule has 0 atom stereocenters. The van der Waals surface area contributed by atoms with Crippen molar-refractivity contribution in [2.24, 2.45) is 0 Å². The van der Waals surface area contributed by atoms with Gasteiger partial charge in [0, 0.05) is 19.4 Å². The van der Waals surface area contributed by atoms with Crippen molar-refractivity contribution in [2.45, 2.75) is 40.9 Å². The highest BCUT2D eigenvalue weighted by Crippen LogP contribution is 2.21. The zero-order valence-corrected chi connectivity index (χ0v) is 12.3. The second-order valence-corrected chi connectivity index (χ2v) is 4.22. The van der Waals surface area contributed by atoms with E-state index in [1.807, 2.05) is 32.9 Å². The Morgan fingerprint density at radius 2 is 1.15 bits per heavy atom. The van der Waals surface area contributed by atoms with Crippen molar-refractivity contribution in [1.29, 1.82) is 0 Å². The Morgan fingerprint density at radius 1 is 0.900 bits per heavy atom. The first-order valence-corrected chi connectivity index (χ1v) is 5.82. The summed E-state index contributed by atoms with van der Waals surface area (Å²) in [6.45, 7) is 7.93. The van der Waals surface area contributed by atoms with Crippen molar-refractivity contribution in [2.75, 3.05) is 0 Å². The van der Waals surface area contributed by atoms with Crippen LogP contribution in [0, 0.1) is 20.8 Å². The normalized spacial score (nSPS) is 9.00. The van der Waals surface area contributed by atoms with Crippen molar-refractivity contribution >= 4 is 11.9 Å². The smallest absolute Gasteiger partial charge is 0.300 e. The van der Waals surface area contributed by atoms with Gasteiger partial charge in [0.05, 0.1) is 0 Å². The monoisotopic (exact) mass is 286 g/mol. The molecule has 6 nitrogen and oxygen atoms in total. The number of carbonyl (C=O) groups is 2. The van der Waals surface area contributed by atoms with Gasteiger partial charge in [-0.1, -0.05) is 17.7 Å². The van der Waals surface area contributed by atoms with Gasteiger partial charge in [0.15, 0.2) is 6.29 Å². The fraction of sp³-hybridized carbons (Fsp3) is 0.429. The van der Waals surface area contributed by atoms with Crippen LogP contribution in [-0.2, 0) is 9.59 Å². The first-order valence-electron chi connectivity index (χ1n) is 5.82. The van der Waals surface area contributed by atoms with E-state index < -0.39 is 18.2 Å². The summed E-state index contributed by atoms with van der Waals surface area (Å²) < 4.78 is 0. The quantitative estimate of drug-likeness (QED) is 0.585. The van der Waals surface area contributed by atoms with Gasteiger partial charge in [0.2, 0.25) is 0 Å². The molecule has 0 aliphatic heterocycles. The molecule has 0 heterocycles. The summed E-state index contributed by atoms with van der Waals surface area (Å²) in [5.41, 5.74) is 3.64. The molecule has 0 unspecified atom stereocenters. The van der Waals surface area contributed by atoms with Crippen molar-refractivity contribution in [3.63, 3.8) is 0 Å². The van der Waals surface area contributed by atoms with Crippen LogP contribution in [0.25, 0.3) is 0 Å². The molecule has 0 saturated carbocycles. The average Bonchev–Trinajstić information content (AvgIpc) is 2.11. The van der Waals surface area contributed by atoms with Crippen LogP contribution in [0.2, 0.25) is 0 Å². The molecular formula is C14H22O6. The van der Waals surface area contributed by atoms with E-state index in [2.05, 4.69) is 0 Å². The Kier molecular flexibility index (Phi) is 10.1. The number of carboxylic acid groups (broad SMARTS) is 2. The molecule has 4 N–H and O–H groups in total. The molecule has 0 radical (unpaired) electrons. The van der Waals surface area contributed by atoms with E-state index >= 15 is 0 Å². The lowest BCUT2D eigenvalue weighted by Gasteiger charge is -2.12. The summed E-state index contributed by atoms with van der Waals surface area (Å²) in [7, 11) is 0. The number of aryl methyl sites for hydroxylation is 3. The number of hydrogen-bond acceptors (Lipinski definition) is 4. The van der Waals surface area contributed by atoms with E-state index in [-0.39, 0.29) is 0 Å². The van der Waals surface area contributed by atoms with Crippen LogP contribution in [0.3, 0.4) is 0 Å². The van der Waals surface area contributed by atoms with Gasteiger partial charge >= 0.3 is 0 Å². The Labute approximate surface area is 118 Å². The first-order chi connectivity index (χ1) is 8.98. The summed E-state index contributed by atoms with van der Waals surface area (Å²) >= 11 is 0. The zero-order chi connectivity index (χ0) is 16.5. The molecule has 0 fully saturated rings. The summed E-state index contributed by atoms with van der Waals surface area (Å²) in [5, 5.41) is 32.9. The maximum Gasteiger partial charge on any atom is 0.300 e. The van der Waals surface area contributed by atoms with Crippen LogP contribution in [0.15, 0.2) is 12.1 Å². The minimum absolute atomic E-state index is 0.626. The lowest BCUT2D eigenvalue weighted by Crippen LogP contribution is -2.01. The van der Waals surface area contributed by atoms with E-state index in [1.165, 1.54) is 0 Å². The van der Waals surface area contributed by atoms with Crippen LogP contribution >= 0.6 is 0 Å². The fourth-order valence-electron chi connectivity index (χ4n) is 1.60. The largest absolute Gasteiger partial charge is 0.481 e. The summed E-state index contributed by atoms with van der Waals surface area (Å²) in [5.74, 6) is -1.67. The maximum atomic E-state index is 9.03. The third-order valence-electron chi connectivity index (χ3n) is 2.00. The van der Waals surface area contributed by atoms with E-state index in [0.29, 0.717) is 5.56 Å². The molecule has 6 heteroatoms. The van der Waals surface area contributed by atoms with Crippen molar-refractivity contribution < 1.29 is 30.0 Å². The molecule has 0 saturated heterocycles. The van der Waals surface area contributed by atoms with E-state index in [9.17, 15) is 0 Å². The fourth-order valence-corrected chi connectivity index (χ4v) is 1.60. The molecule has 1 aromatic carbocycles. The Bertz CT molecular complexity index is 408. The highest BCUT2D eigenvalue weighted by atomic mass is 16.5. The molecular weight excluding hydrogens is 264 g/mol. The van der Waals surface area contributed by atoms with Gasteiger partial charge < -0.3 is 20.4 Å². The lowest BCUT2D eigenvalue weighted by atomic mass is 10.00. The summed E-state index contributed by atoms with van der Waals surface area (Å²) in [6.07, 6.45) is -1.36. The summed E-state index contributed by atoms with van der Waals surface area (Å²) in [6, 6.07) is 3.89. The van der Waals surface area contributed by atoms with Gasteiger partial charge in [0.25, 0.3) is 11.9 Å². The van der Waals surface area contributed by atoms with Gasteiger partial charge in [-0.15, -0.1) is 0 Å². The van der Waals surface area contributed by atoms with Crippen LogP contribution in [0.5, 0.6) is 0 Å². The molecule has 0 spiro atoms. The van der Waals surface area contributed by atoms with Crippen LogP contribution in [0.4, 0.5) is 0 Å². The van der Waals surface area contributed by atoms with Gasteiger partial charge in [-0.05, 0) is 31.9 Å². The Balaban J connectivity index is 0. The molecule has 0 aliphatic carbocycles. The van der Waals surface area contributed by atoms with Crippen LogP contribution < -0.4 is 0 Å². The molecule has 1 aromatic rings. The number of aliphatic carboxylic acids is 2. The second kappa shape index (κ2) is 9.94. The van der Waals surface area contributed by atoms with Gasteiger partial charge in [-0.25, -0.2) is 0 Å². The average molecular weight is 286 g/mol. The van der Waals surface area contributed by atoms with Crippen molar-refractivity contribution in [1.82, 2.24) is 0 Å².